The van der Waals surface area contributed by atoms with Gasteiger partial charge in [0.2, 0.25) is 0 Å². The summed E-state index contributed by atoms with van der Waals surface area (Å²) in [5.74, 6) is 0.657. The summed E-state index contributed by atoms with van der Waals surface area (Å²) in [6.07, 6.45) is 4.64. The fourth-order valence-electron chi connectivity index (χ4n) is 1.69. The number of carbonyl (C=O) groups is 1. The Balaban J connectivity index is 2.25. The lowest BCUT2D eigenvalue weighted by Gasteiger charge is -2.08. The molecule has 0 aliphatic carbocycles. The molecule has 2 heteroatoms. The minimum Gasteiger partial charge on any atom is -0.465 e. The van der Waals surface area contributed by atoms with Crippen molar-refractivity contribution in [3.8, 4) is 0 Å². The first-order chi connectivity index (χ1) is 5.75. The molecule has 0 aromatic heterocycles. The lowest BCUT2D eigenvalue weighted by molar-refractivity contribution is -0.141. The van der Waals surface area contributed by atoms with Gasteiger partial charge in [0, 0.05) is 5.92 Å². The summed E-state index contributed by atoms with van der Waals surface area (Å²) < 4.78 is 4.97. The van der Waals surface area contributed by atoms with Crippen molar-refractivity contribution in [2.45, 2.75) is 39.5 Å². The Morgan fingerprint density at radius 2 is 2.25 bits per heavy atom. The second-order valence-corrected chi connectivity index (χ2v) is 3.71. The fourth-order valence-corrected chi connectivity index (χ4v) is 1.69. The molecule has 0 radical (unpaired) electrons. The standard InChI is InChI=1S/C10H18O2/c1-3-4-5-6-9-8(2)7-12-10(9)11/h8-9H,3-7H2,1-2H3/t8-,9-/m1/s1. The van der Waals surface area contributed by atoms with Gasteiger partial charge in [-0.2, -0.15) is 0 Å². The highest BCUT2D eigenvalue weighted by Gasteiger charge is 2.32. The van der Waals surface area contributed by atoms with Crippen molar-refractivity contribution < 1.29 is 9.53 Å². The lowest BCUT2D eigenvalue weighted by atomic mass is 9.92. The van der Waals surface area contributed by atoms with E-state index in [1.807, 2.05) is 0 Å². The summed E-state index contributed by atoms with van der Waals surface area (Å²) in [6, 6.07) is 0. The molecule has 2 nitrogen and oxygen atoms in total. The maximum atomic E-state index is 11.2. The number of unbranched alkanes of at least 4 members (excludes halogenated alkanes) is 2. The van der Waals surface area contributed by atoms with Crippen LogP contribution >= 0.6 is 0 Å². The molecular weight excluding hydrogens is 152 g/mol. The Morgan fingerprint density at radius 3 is 2.75 bits per heavy atom. The van der Waals surface area contributed by atoms with E-state index >= 15 is 0 Å². The Labute approximate surface area is 74.3 Å². The minimum absolute atomic E-state index is 0.0265. The van der Waals surface area contributed by atoms with Gasteiger partial charge in [0.1, 0.15) is 0 Å². The molecule has 1 fully saturated rings. The van der Waals surface area contributed by atoms with Crippen molar-refractivity contribution in [3.63, 3.8) is 0 Å². The molecular formula is C10H18O2. The third-order valence-electron chi connectivity index (χ3n) is 2.60. The second kappa shape index (κ2) is 4.48. The van der Waals surface area contributed by atoms with Crippen molar-refractivity contribution in [2.75, 3.05) is 6.61 Å². The van der Waals surface area contributed by atoms with Crippen molar-refractivity contribution in [2.24, 2.45) is 11.8 Å². The van der Waals surface area contributed by atoms with Crippen LogP contribution in [0.25, 0.3) is 0 Å². The zero-order valence-electron chi connectivity index (χ0n) is 8.01. The maximum absolute atomic E-state index is 11.2. The van der Waals surface area contributed by atoms with E-state index < -0.39 is 0 Å². The molecule has 0 N–H and O–H groups in total. The quantitative estimate of drug-likeness (QED) is 0.478. The molecule has 1 heterocycles. The number of rotatable bonds is 4. The fraction of sp³-hybridized carbons (Fsp3) is 0.900. The van der Waals surface area contributed by atoms with Gasteiger partial charge in [-0.25, -0.2) is 0 Å². The Hall–Kier alpha value is -0.530. The Kier molecular flexibility index (Phi) is 3.57. The van der Waals surface area contributed by atoms with Crippen molar-refractivity contribution >= 4 is 5.97 Å². The van der Waals surface area contributed by atoms with Crippen molar-refractivity contribution in [1.29, 1.82) is 0 Å². The topological polar surface area (TPSA) is 26.3 Å². The molecule has 0 unspecified atom stereocenters. The average Bonchev–Trinajstić information content (AvgIpc) is 2.35. The first-order valence-corrected chi connectivity index (χ1v) is 4.92. The Bertz CT molecular complexity index is 154. The summed E-state index contributed by atoms with van der Waals surface area (Å²) in [7, 11) is 0. The van der Waals surface area contributed by atoms with Gasteiger partial charge in [0.05, 0.1) is 12.5 Å². The van der Waals surface area contributed by atoms with E-state index in [2.05, 4.69) is 13.8 Å². The smallest absolute Gasteiger partial charge is 0.309 e. The first-order valence-electron chi connectivity index (χ1n) is 4.92. The molecule has 12 heavy (non-hydrogen) atoms. The second-order valence-electron chi connectivity index (χ2n) is 3.71. The average molecular weight is 170 g/mol. The van der Waals surface area contributed by atoms with Gasteiger partial charge >= 0.3 is 5.97 Å². The predicted octanol–water partition coefficient (Wildman–Crippen LogP) is 2.38. The monoisotopic (exact) mass is 170 g/mol. The molecule has 70 valence electrons. The van der Waals surface area contributed by atoms with Gasteiger partial charge in [0.25, 0.3) is 0 Å². The van der Waals surface area contributed by atoms with E-state index in [4.69, 9.17) is 4.74 Å². The van der Waals surface area contributed by atoms with E-state index in [0.29, 0.717) is 12.5 Å². The molecule has 1 saturated heterocycles. The summed E-state index contributed by atoms with van der Waals surface area (Å²) in [5, 5.41) is 0. The third-order valence-corrected chi connectivity index (χ3v) is 2.60. The highest BCUT2D eigenvalue weighted by Crippen LogP contribution is 2.26. The predicted molar refractivity (Wildman–Crippen MR) is 47.8 cm³/mol. The number of hydrogen-bond donors (Lipinski definition) is 0. The van der Waals surface area contributed by atoms with Crippen LogP contribution in [0.15, 0.2) is 0 Å². The number of cyclic esters (lactones) is 1. The van der Waals surface area contributed by atoms with E-state index in [0.717, 1.165) is 6.42 Å². The highest BCUT2D eigenvalue weighted by molar-refractivity contribution is 5.74. The molecule has 0 aromatic carbocycles. The van der Waals surface area contributed by atoms with Gasteiger partial charge in [-0.15, -0.1) is 0 Å². The van der Waals surface area contributed by atoms with E-state index in [9.17, 15) is 4.79 Å². The normalized spacial score (nSPS) is 29.0. The van der Waals surface area contributed by atoms with Crippen LogP contribution in [0.1, 0.15) is 39.5 Å². The van der Waals surface area contributed by atoms with Gasteiger partial charge in [-0.3, -0.25) is 4.79 Å². The Morgan fingerprint density at radius 1 is 1.50 bits per heavy atom. The van der Waals surface area contributed by atoms with Crippen LogP contribution in [0.5, 0.6) is 0 Å². The van der Waals surface area contributed by atoms with Crippen LogP contribution < -0.4 is 0 Å². The van der Waals surface area contributed by atoms with Crippen LogP contribution in [0, 0.1) is 11.8 Å². The molecule has 0 aromatic rings. The molecule has 2 atom stereocenters. The molecule has 0 amide bonds. The summed E-state index contributed by atoms with van der Waals surface area (Å²) in [5.41, 5.74) is 0. The van der Waals surface area contributed by atoms with E-state index in [1.165, 1.54) is 19.3 Å². The summed E-state index contributed by atoms with van der Waals surface area (Å²) in [4.78, 5) is 11.2. The molecule has 1 rings (SSSR count). The van der Waals surface area contributed by atoms with Crippen LogP contribution in [-0.2, 0) is 9.53 Å². The van der Waals surface area contributed by atoms with Crippen molar-refractivity contribution in [3.05, 3.63) is 0 Å². The molecule has 1 aliphatic rings. The van der Waals surface area contributed by atoms with Crippen LogP contribution in [0.3, 0.4) is 0 Å². The van der Waals surface area contributed by atoms with Crippen LogP contribution in [-0.4, -0.2) is 12.6 Å². The number of carbonyl (C=O) groups excluding carboxylic acids is 1. The number of hydrogen-bond acceptors (Lipinski definition) is 2. The zero-order valence-corrected chi connectivity index (χ0v) is 8.01. The minimum atomic E-state index is 0.0265. The molecule has 0 spiro atoms. The van der Waals surface area contributed by atoms with Crippen LogP contribution in [0.4, 0.5) is 0 Å². The van der Waals surface area contributed by atoms with Crippen LogP contribution in [0.2, 0.25) is 0 Å². The van der Waals surface area contributed by atoms with Gasteiger partial charge in [-0.05, 0) is 6.42 Å². The largest absolute Gasteiger partial charge is 0.465 e. The first kappa shape index (κ1) is 9.56. The molecule has 0 bridgehead atoms. The molecule has 0 saturated carbocycles. The lowest BCUT2D eigenvalue weighted by Crippen LogP contribution is -2.13. The summed E-state index contributed by atoms with van der Waals surface area (Å²) >= 11 is 0. The van der Waals surface area contributed by atoms with Gasteiger partial charge in [0.15, 0.2) is 0 Å². The number of esters is 1. The highest BCUT2D eigenvalue weighted by atomic mass is 16.5. The van der Waals surface area contributed by atoms with E-state index in [-0.39, 0.29) is 11.9 Å². The van der Waals surface area contributed by atoms with Crippen molar-refractivity contribution in [1.82, 2.24) is 0 Å². The maximum Gasteiger partial charge on any atom is 0.309 e. The summed E-state index contributed by atoms with van der Waals surface area (Å²) in [6.45, 7) is 4.91. The number of ether oxygens (including phenoxy) is 1. The third kappa shape index (κ3) is 2.23. The van der Waals surface area contributed by atoms with Gasteiger partial charge in [-0.1, -0.05) is 33.1 Å². The van der Waals surface area contributed by atoms with E-state index in [1.54, 1.807) is 0 Å². The molecule has 1 aliphatic heterocycles. The SMILES string of the molecule is CCCCC[C@H]1C(=O)OC[C@H]1C. The zero-order chi connectivity index (χ0) is 8.97. The van der Waals surface area contributed by atoms with Gasteiger partial charge < -0.3 is 4.74 Å².